The molecule has 1 saturated carbocycles. The summed E-state index contributed by atoms with van der Waals surface area (Å²) in [5.41, 5.74) is 1.28. The van der Waals surface area contributed by atoms with Gasteiger partial charge in [0.2, 0.25) is 0 Å². The number of hydrogen-bond donors (Lipinski definition) is 1. The highest BCUT2D eigenvalue weighted by Gasteiger charge is 2.32. The molecule has 1 heterocycles. The monoisotopic (exact) mass is 309 g/mol. The maximum absolute atomic E-state index is 4.94. The molecule has 1 aromatic rings. The lowest BCUT2D eigenvalue weighted by molar-refractivity contribution is 0.552. The Balaban J connectivity index is 2.08. The Bertz CT molecular complexity index is 449. The molecular weight excluding hydrogens is 278 g/mol. The highest BCUT2D eigenvalue weighted by Crippen LogP contribution is 2.38. The molecule has 120 valence electrons. The second-order valence-corrected chi connectivity index (χ2v) is 8.24. The summed E-state index contributed by atoms with van der Waals surface area (Å²) >= 11 is 1.87. The molecule has 1 aliphatic rings. The van der Waals surface area contributed by atoms with E-state index in [0.717, 1.165) is 19.0 Å². The molecule has 3 nitrogen and oxygen atoms in total. The third kappa shape index (κ3) is 4.43. The molecule has 0 amide bonds. The first-order chi connectivity index (χ1) is 9.90. The van der Waals surface area contributed by atoms with Gasteiger partial charge in [-0.3, -0.25) is 0 Å². The SMILES string of the molecule is CC(C)CNCc1sc(N(C)C(C)C2CC2)nc1C(C)C. The van der Waals surface area contributed by atoms with Crippen LogP contribution in [0.4, 0.5) is 5.13 Å². The van der Waals surface area contributed by atoms with Crippen LogP contribution in [-0.2, 0) is 6.54 Å². The Morgan fingerprint density at radius 3 is 2.43 bits per heavy atom. The maximum Gasteiger partial charge on any atom is 0.185 e. The van der Waals surface area contributed by atoms with Gasteiger partial charge in [0.15, 0.2) is 5.13 Å². The minimum Gasteiger partial charge on any atom is -0.348 e. The van der Waals surface area contributed by atoms with E-state index in [0.29, 0.717) is 17.9 Å². The molecule has 0 saturated heterocycles. The summed E-state index contributed by atoms with van der Waals surface area (Å²) in [5.74, 6) is 2.07. The molecule has 0 spiro atoms. The van der Waals surface area contributed by atoms with Crippen LogP contribution in [0, 0.1) is 11.8 Å². The van der Waals surface area contributed by atoms with Crippen LogP contribution in [0.25, 0.3) is 0 Å². The minimum absolute atomic E-state index is 0.496. The van der Waals surface area contributed by atoms with Gasteiger partial charge in [-0.1, -0.05) is 27.7 Å². The van der Waals surface area contributed by atoms with E-state index in [-0.39, 0.29) is 0 Å². The lowest BCUT2D eigenvalue weighted by atomic mass is 10.1. The molecular formula is C17H31N3S. The van der Waals surface area contributed by atoms with Crippen molar-refractivity contribution in [2.24, 2.45) is 11.8 Å². The molecule has 0 radical (unpaired) electrons. The third-order valence-corrected chi connectivity index (χ3v) is 5.48. The highest BCUT2D eigenvalue weighted by molar-refractivity contribution is 7.15. The van der Waals surface area contributed by atoms with Crippen LogP contribution in [0.3, 0.4) is 0 Å². The summed E-state index contributed by atoms with van der Waals surface area (Å²) in [7, 11) is 2.21. The van der Waals surface area contributed by atoms with Gasteiger partial charge in [-0.15, -0.1) is 11.3 Å². The summed E-state index contributed by atoms with van der Waals surface area (Å²) in [5, 5.41) is 4.76. The highest BCUT2D eigenvalue weighted by atomic mass is 32.1. The molecule has 1 aliphatic carbocycles. The standard InChI is InChI=1S/C17H31N3S/c1-11(2)9-18-10-15-16(12(3)4)19-17(21-15)20(6)13(5)14-7-8-14/h11-14,18H,7-10H2,1-6H3. The van der Waals surface area contributed by atoms with Crippen molar-refractivity contribution in [1.82, 2.24) is 10.3 Å². The molecule has 1 unspecified atom stereocenters. The quantitative estimate of drug-likeness (QED) is 0.778. The smallest absolute Gasteiger partial charge is 0.185 e. The van der Waals surface area contributed by atoms with Gasteiger partial charge in [-0.25, -0.2) is 4.98 Å². The number of nitrogens with zero attached hydrogens (tertiary/aromatic N) is 2. The van der Waals surface area contributed by atoms with Crippen molar-refractivity contribution >= 4 is 16.5 Å². The zero-order valence-electron chi connectivity index (χ0n) is 14.4. The van der Waals surface area contributed by atoms with Crippen LogP contribution in [-0.4, -0.2) is 24.6 Å². The van der Waals surface area contributed by atoms with Crippen molar-refractivity contribution in [3.05, 3.63) is 10.6 Å². The number of hydrogen-bond acceptors (Lipinski definition) is 4. The van der Waals surface area contributed by atoms with Gasteiger partial charge in [-0.2, -0.15) is 0 Å². The molecule has 4 heteroatoms. The Kier molecular flexibility index (Phi) is 5.67. The average Bonchev–Trinajstić information content (AvgIpc) is 3.17. The van der Waals surface area contributed by atoms with Crippen LogP contribution in [0.5, 0.6) is 0 Å². The maximum atomic E-state index is 4.94. The van der Waals surface area contributed by atoms with E-state index in [2.05, 4.69) is 51.9 Å². The van der Waals surface area contributed by atoms with E-state index >= 15 is 0 Å². The van der Waals surface area contributed by atoms with Crippen molar-refractivity contribution in [1.29, 1.82) is 0 Å². The molecule has 1 fully saturated rings. The molecule has 0 bridgehead atoms. The summed E-state index contributed by atoms with van der Waals surface area (Å²) in [6.07, 6.45) is 2.77. The number of nitrogens with one attached hydrogen (secondary N) is 1. The zero-order valence-corrected chi connectivity index (χ0v) is 15.3. The number of anilines is 1. The number of aromatic nitrogens is 1. The van der Waals surface area contributed by atoms with Gasteiger partial charge >= 0.3 is 0 Å². The molecule has 21 heavy (non-hydrogen) atoms. The number of rotatable bonds is 8. The lowest BCUT2D eigenvalue weighted by Gasteiger charge is -2.24. The van der Waals surface area contributed by atoms with E-state index in [4.69, 9.17) is 4.98 Å². The third-order valence-electron chi connectivity index (χ3n) is 4.32. The van der Waals surface area contributed by atoms with E-state index < -0.39 is 0 Å². The van der Waals surface area contributed by atoms with Crippen molar-refractivity contribution in [3.8, 4) is 0 Å². The molecule has 0 aromatic carbocycles. The predicted molar refractivity (Wildman–Crippen MR) is 93.3 cm³/mol. The Hall–Kier alpha value is -0.610. The van der Waals surface area contributed by atoms with Gasteiger partial charge in [0.1, 0.15) is 0 Å². The molecule has 1 atom stereocenters. The van der Waals surface area contributed by atoms with Gasteiger partial charge < -0.3 is 10.2 Å². The fourth-order valence-electron chi connectivity index (χ4n) is 2.62. The summed E-state index contributed by atoms with van der Waals surface area (Å²) in [6, 6.07) is 0.618. The second-order valence-electron chi connectivity index (χ2n) is 7.17. The predicted octanol–water partition coefficient (Wildman–Crippen LogP) is 4.25. The fourth-order valence-corrected chi connectivity index (χ4v) is 3.86. The van der Waals surface area contributed by atoms with Gasteiger partial charge in [0.05, 0.1) is 5.69 Å². The number of thiazole rings is 1. The topological polar surface area (TPSA) is 28.2 Å². The van der Waals surface area contributed by atoms with Crippen molar-refractivity contribution < 1.29 is 0 Å². The Morgan fingerprint density at radius 1 is 1.24 bits per heavy atom. The fraction of sp³-hybridized carbons (Fsp3) is 0.824. The van der Waals surface area contributed by atoms with Gasteiger partial charge in [0, 0.05) is 24.5 Å². The zero-order chi connectivity index (χ0) is 15.6. The molecule has 1 aromatic heterocycles. The van der Waals surface area contributed by atoms with E-state index in [1.54, 1.807) is 0 Å². The molecule has 1 N–H and O–H groups in total. The first kappa shape index (κ1) is 16.8. The largest absolute Gasteiger partial charge is 0.348 e. The van der Waals surface area contributed by atoms with E-state index in [1.807, 2.05) is 11.3 Å². The second kappa shape index (κ2) is 7.10. The van der Waals surface area contributed by atoms with Crippen molar-refractivity contribution in [2.45, 2.75) is 66.0 Å². The van der Waals surface area contributed by atoms with Crippen LogP contribution < -0.4 is 10.2 Å². The van der Waals surface area contributed by atoms with Crippen LogP contribution in [0.1, 0.15) is 63.9 Å². The van der Waals surface area contributed by atoms with Crippen molar-refractivity contribution in [3.63, 3.8) is 0 Å². The van der Waals surface area contributed by atoms with Gasteiger partial charge in [-0.05, 0) is 44.1 Å². The molecule has 2 rings (SSSR count). The summed E-state index contributed by atoms with van der Waals surface area (Å²) in [4.78, 5) is 8.74. The van der Waals surface area contributed by atoms with E-state index in [9.17, 15) is 0 Å². The van der Waals surface area contributed by atoms with Crippen molar-refractivity contribution in [2.75, 3.05) is 18.5 Å². The minimum atomic E-state index is 0.496. The molecule has 0 aliphatic heterocycles. The normalized spacial score (nSPS) is 16.8. The summed E-state index contributed by atoms with van der Waals surface area (Å²) < 4.78 is 0. The lowest BCUT2D eigenvalue weighted by Crippen LogP contribution is -2.30. The van der Waals surface area contributed by atoms with Gasteiger partial charge in [0.25, 0.3) is 0 Å². The summed E-state index contributed by atoms with van der Waals surface area (Å²) in [6.45, 7) is 13.3. The average molecular weight is 310 g/mol. The first-order valence-electron chi connectivity index (χ1n) is 8.33. The van der Waals surface area contributed by atoms with Crippen LogP contribution in [0.15, 0.2) is 0 Å². The first-order valence-corrected chi connectivity index (χ1v) is 9.15. The van der Waals surface area contributed by atoms with Crippen LogP contribution >= 0.6 is 11.3 Å². The Labute approximate surface area is 134 Å². The van der Waals surface area contributed by atoms with Crippen LogP contribution in [0.2, 0.25) is 0 Å². The Morgan fingerprint density at radius 2 is 1.90 bits per heavy atom. The van der Waals surface area contributed by atoms with E-state index in [1.165, 1.54) is 28.5 Å².